The Hall–Kier alpha value is -3.01. The predicted octanol–water partition coefficient (Wildman–Crippen LogP) is 3.41. The minimum atomic E-state index is -0.998. The first-order valence-corrected chi connectivity index (χ1v) is 10.3. The third-order valence-corrected chi connectivity index (χ3v) is 6.46. The summed E-state index contributed by atoms with van der Waals surface area (Å²) in [5, 5.41) is 19.6. The summed E-state index contributed by atoms with van der Waals surface area (Å²) in [6.07, 6.45) is 3.98. The number of benzene rings is 1. The molecule has 0 spiro atoms. The van der Waals surface area contributed by atoms with Crippen LogP contribution in [-0.2, 0) is 11.2 Å². The number of amides is 2. The number of nitrogens with zero attached hydrogens (tertiary/aromatic N) is 3. The number of nitrogens with one attached hydrogen (secondary N) is 1. The van der Waals surface area contributed by atoms with Crippen molar-refractivity contribution in [1.82, 2.24) is 14.8 Å². The van der Waals surface area contributed by atoms with Crippen molar-refractivity contribution >= 4 is 22.9 Å². The van der Waals surface area contributed by atoms with Crippen LogP contribution in [-0.4, -0.2) is 57.1 Å². The Morgan fingerprint density at radius 2 is 2.00 bits per heavy atom. The zero-order valence-corrected chi connectivity index (χ0v) is 16.6. The zero-order chi connectivity index (χ0) is 20.5. The molecule has 2 saturated heterocycles. The minimum Gasteiger partial charge on any atom is -0.465 e. The van der Waals surface area contributed by atoms with Crippen LogP contribution in [0.4, 0.5) is 4.79 Å². The molecule has 2 atom stereocenters. The second-order valence-corrected chi connectivity index (χ2v) is 8.10. The Bertz CT molecular complexity index is 990. The van der Waals surface area contributed by atoms with Gasteiger partial charge in [-0.05, 0) is 69.2 Å². The normalized spacial score (nSPS) is 21.7. The van der Waals surface area contributed by atoms with Gasteiger partial charge in [0.05, 0.1) is 11.6 Å². The fraction of sp³-hybridized carbons (Fsp3) is 0.500. The molecule has 7 nitrogen and oxygen atoms in total. The summed E-state index contributed by atoms with van der Waals surface area (Å²) in [6, 6.07) is 7.48. The van der Waals surface area contributed by atoms with Gasteiger partial charge < -0.3 is 15.0 Å². The molecule has 7 heteroatoms. The van der Waals surface area contributed by atoms with E-state index in [1.807, 2.05) is 23.1 Å². The number of aromatic amines is 1. The molecule has 0 saturated carbocycles. The number of rotatable bonds is 4. The number of aromatic nitrogens is 1. The van der Waals surface area contributed by atoms with E-state index in [0.29, 0.717) is 25.1 Å². The number of H-pyrrole nitrogens is 1. The quantitative estimate of drug-likeness (QED) is 0.830. The Morgan fingerprint density at radius 1 is 1.24 bits per heavy atom. The zero-order valence-electron chi connectivity index (χ0n) is 16.6. The molecule has 0 radical (unpaired) electrons. The Balaban J connectivity index is 1.46. The van der Waals surface area contributed by atoms with Gasteiger partial charge in [-0.1, -0.05) is 0 Å². The van der Waals surface area contributed by atoms with Gasteiger partial charge in [-0.3, -0.25) is 9.69 Å². The Labute approximate surface area is 169 Å². The van der Waals surface area contributed by atoms with Gasteiger partial charge in [0.1, 0.15) is 6.04 Å². The summed E-state index contributed by atoms with van der Waals surface area (Å²) < 4.78 is 0. The molecule has 0 bridgehead atoms. The van der Waals surface area contributed by atoms with Crippen molar-refractivity contribution in [2.24, 2.45) is 0 Å². The summed E-state index contributed by atoms with van der Waals surface area (Å²) in [4.78, 5) is 31.1. The van der Waals surface area contributed by atoms with Crippen LogP contribution in [0.5, 0.6) is 0 Å². The first-order chi connectivity index (χ1) is 14.0. The fourth-order valence-electron chi connectivity index (χ4n) is 4.88. The Morgan fingerprint density at radius 3 is 2.76 bits per heavy atom. The molecule has 2 amide bonds. The number of nitriles is 1. The monoisotopic (exact) mass is 394 g/mol. The topological polar surface area (TPSA) is 100 Å². The van der Waals surface area contributed by atoms with E-state index in [1.165, 1.54) is 4.90 Å². The molecule has 2 N–H and O–H groups in total. The number of likely N-dealkylation sites (tertiary alicyclic amines) is 2. The lowest BCUT2D eigenvalue weighted by Gasteiger charge is -2.30. The average Bonchev–Trinajstić information content (AvgIpc) is 3.45. The van der Waals surface area contributed by atoms with Crippen LogP contribution in [0.1, 0.15) is 48.9 Å². The molecule has 29 heavy (non-hydrogen) atoms. The highest BCUT2D eigenvalue weighted by Gasteiger charge is 2.39. The maximum Gasteiger partial charge on any atom is 0.407 e. The number of carbonyl (C=O) groups excluding carboxylic acids is 1. The molecule has 2 aliphatic heterocycles. The van der Waals surface area contributed by atoms with Crippen molar-refractivity contribution < 1.29 is 14.7 Å². The molecule has 2 aliphatic rings. The molecule has 0 unspecified atom stereocenters. The fourth-order valence-corrected chi connectivity index (χ4v) is 4.88. The molecule has 1 aromatic carbocycles. The van der Waals surface area contributed by atoms with Crippen molar-refractivity contribution in [3.8, 4) is 6.07 Å². The van der Waals surface area contributed by atoms with E-state index >= 15 is 0 Å². The van der Waals surface area contributed by atoms with Gasteiger partial charge in [0.2, 0.25) is 5.91 Å². The number of hydrogen-bond donors (Lipinski definition) is 2. The van der Waals surface area contributed by atoms with Crippen LogP contribution in [0.15, 0.2) is 18.2 Å². The van der Waals surface area contributed by atoms with E-state index in [2.05, 4.69) is 18.0 Å². The molecular formula is C22H26N4O3. The molecule has 2 aromatic rings. The molecule has 1 aromatic heterocycles. The molecule has 3 heterocycles. The SMILES string of the molecule is Cc1c(CC[C@@H]2CCCN2C(=O)[C@H]2CCCN2C(=O)O)[nH]c2ccc(C#N)cc12. The number of hydrogen-bond acceptors (Lipinski definition) is 3. The molecular weight excluding hydrogens is 368 g/mol. The van der Waals surface area contributed by atoms with Gasteiger partial charge in [0.15, 0.2) is 0 Å². The van der Waals surface area contributed by atoms with Crippen LogP contribution in [0.25, 0.3) is 10.9 Å². The number of carboxylic acid groups (broad SMARTS) is 1. The van der Waals surface area contributed by atoms with Crippen LogP contribution < -0.4 is 0 Å². The molecule has 4 rings (SSSR count). The van der Waals surface area contributed by atoms with E-state index in [9.17, 15) is 14.7 Å². The number of aryl methyl sites for hydroxylation is 2. The first-order valence-electron chi connectivity index (χ1n) is 10.3. The third-order valence-electron chi connectivity index (χ3n) is 6.46. The lowest BCUT2D eigenvalue weighted by atomic mass is 10.0. The first kappa shape index (κ1) is 19.3. The smallest absolute Gasteiger partial charge is 0.407 e. The highest BCUT2D eigenvalue weighted by Crippen LogP contribution is 2.29. The number of carbonyl (C=O) groups is 2. The highest BCUT2D eigenvalue weighted by molar-refractivity contribution is 5.87. The van der Waals surface area contributed by atoms with Crippen LogP contribution in [0, 0.1) is 18.3 Å². The van der Waals surface area contributed by atoms with Crippen molar-refractivity contribution in [2.45, 2.75) is 57.5 Å². The maximum absolute atomic E-state index is 13.0. The lowest BCUT2D eigenvalue weighted by Crippen LogP contribution is -2.49. The average molecular weight is 394 g/mol. The number of fused-ring (bicyclic) bond motifs is 1. The minimum absolute atomic E-state index is 0.0283. The third kappa shape index (κ3) is 3.55. The summed E-state index contributed by atoms with van der Waals surface area (Å²) in [7, 11) is 0. The second kappa shape index (κ2) is 7.78. The van der Waals surface area contributed by atoms with Gasteiger partial charge in [0.25, 0.3) is 0 Å². The van der Waals surface area contributed by atoms with Crippen molar-refractivity contribution in [3.05, 3.63) is 35.0 Å². The summed E-state index contributed by atoms with van der Waals surface area (Å²) in [5.74, 6) is -0.0283. The van der Waals surface area contributed by atoms with Crippen molar-refractivity contribution in [3.63, 3.8) is 0 Å². The van der Waals surface area contributed by atoms with Gasteiger partial charge in [-0.25, -0.2) is 4.79 Å². The summed E-state index contributed by atoms with van der Waals surface area (Å²) in [6.45, 7) is 3.23. The van der Waals surface area contributed by atoms with Crippen LogP contribution in [0.2, 0.25) is 0 Å². The predicted molar refractivity (Wildman–Crippen MR) is 109 cm³/mol. The van der Waals surface area contributed by atoms with Crippen LogP contribution in [0.3, 0.4) is 0 Å². The standard InChI is InChI=1S/C22H26N4O3/c1-14-17-12-15(13-23)6-8-19(17)24-18(14)9-7-16-4-2-10-25(16)21(27)20-5-3-11-26(20)22(28)29/h6,8,12,16,20,24H,2-5,7,9-11H2,1H3,(H,28,29)/t16-,20+/m0/s1. The summed E-state index contributed by atoms with van der Waals surface area (Å²) in [5.41, 5.74) is 3.97. The largest absolute Gasteiger partial charge is 0.465 e. The Kier molecular flexibility index (Phi) is 5.18. The van der Waals surface area contributed by atoms with E-state index in [1.54, 1.807) is 0 Å². The van der Waals surface area contributed by atoms with Crippen LogP contribution >= 0.6 is 0 Å². The van der Waals surface area contributed by atoms with E-state index in [4.69, 9.17) is 5.26 Å². The molecule has 152 valence electrons. The van der Waals surface area contributed by atoms with E-state index in [-0.39, 0.29) is 11.9 Å². The van der Waals surface area contributed by atoms with Gasteiger partial charge in [0, 0.05) is 35.7 Å². The van der Waals surface area contributed by atoms with E-state index in [0.717, 1.165) is 54.3 Å². The molecule has 2 fully saturated rings. The second-order valence-electron chi connectivity index (χ2n) is 8.10. The van der Waals surface area contributed by atoms with Crippen molar-refractivity contribution in [1.29, 1.82) is 5.26 Å². The van der Waals surface area contributed by atoms with Gasteiger partial charge in [-0.15, -0.1) is 0 Å². The maximum atomic E-state index is 13.0. The highest BCUT2D eigenvalue weighted by atomic mass is 16.4. The van der Waals surface area contributed by atoms with Gasteiger partial charge in [-0.2, -0.15) is 5.26 Å². The van der Waals surface area contributed by atoms with Gasteiger partial charge >= 0.3 is 6.09 Å². The lowest BCUT2D eigenvalue weighted by molar-refractivity contribution is -0.136. The summed E-state index contributed by atoms with van der Waals surface area (Å²) >= 11 is 0. The van der Waals surface area contributed by atoms with E-state index < -0.39 is 12.1 Å². The molecule has 0 aliphatic carbocycles. The van der Waals surface area contributed by atoms with Crippen molar-refractivity contribution in [2.75, 3.05) is 13.1 Å².